The van der Waals surface area contributed by atoms with E-state index in [-0.39, 0.29) is 5.56 Å². The molecular formula is C18H18O2S3. The molecule has 0 aliphatic heterocycles. The van der Waals surface area contributed by atoms with Crippen LogP contribution in [-0.2, 0) is 0 Å². The fourth-order valence-electron chi connectivity index (χ4n) is 4.67. The number of carboxylic acids is 1. The van der Waals surface area contributed by atoms with Crippen molar-refractivity contribution < 1.29 is 9.90 Å². The number of fused-ring (bicyclic) bond motifs is 3. The van der Waals surface area contributed by atoms with E-state index in [1.807, 2.05) is 12.1 Å². The maximum absolute atomic E-state index is 11.8. The first kappa shape index (κ1) is 15.7. The third-order valence-corrected chi connectivity index (χ3v) is 7.33. The van der Waals surface area contributed by atoms with Crippen molar-refractivity contribution in [3.63, 3.8) is 0 Å². The fourth-order valence-corrected chi connectivity index (χ4v) is 5.67. The second-order valence-electron chi connectivity index (χ2n) is 6.78. The molecule has 3 unspecified atom stereocenters. The summed E-state index contributed by atoms with van der Waals surface area (Å²) in [6.07, 6.45) is 5.16. The SMILES string of the molecule is O=C(O)c1c(S)c(S)c(S)c2c(C3CC4CCC3C4)cccc12. The van der Waals surface area contributed by atoms with Gasteiger partial charge in [0.2, 0.25) is 0 Å². The Morgan fingerprint density at radius 1 is 1.04 bits per heavy atom. The van der Waals surface area contributed by atoms with Gasteiger partial charge < -0.3 is 5.11 Å². The maximum Gasteiger partial charge on any atom is 0.337 e. The van der Waals surface area contributed by atoms with E-state index in [1.54, 1.807) is 0 Å². The molecule has 2 aliphatic carbocycles. The van der Waals surface area contributed by atoms with E-state index in [4.69, 9.17) is 0 Å². The Bertz CT molecular complexity index is 831. The number of thiol groups is 3. The normalized spacial score (nSPS) is 26.1. The predicted molar refractivity (Wildman–Crippen MR) is 101 cm³/mol. The first-order valence-corrected chi connectivity index (χ1v) is 9.26. The molecule has 0 radical (unpaired) electrons. The minimum atomic E-state index is -0.964. The lowest BCUT2D eigenvalue weighted by Crippen LogP contribution is -2.10. The average molecular weight is 363 g/mol. The highest BCUT2D eigenvalue weighted by Gasteiger charge is 2.41. The monoisotopic (exact) mass is 362 g/mol. The number of benzene rings is 2. The Labute approximate surface area is 151 Å². The molecule has 23 heavy (non-hydrogen) atoms. The molecule has 0 amide bonds. The summed E-state index contributed by atoms with van der Waals surface area (Å²) >= 11 is 13.5. The van der Waals surface area contributed by atoms with Crippen LogP contribution in [0.1, 0.15) is 47.5 Å². The standard InChI is InChI=1S/C18H18O2S3/c19-18(20)14-11-3-1-2-10(12-7-8-4-5-9(12)6-8)13(11)15(21)17(23)16(14)22/h1-3,8-9,12,21-23H,4-7H2,(H,19,20). The Morgan fingerprint density at radius 2 is 1.83 bits per heavy atom. The molecule has 0 heterocycles. The van der Waals surface area contributed by atoms with E-state index in [1.165, 1.54) is 31.2 Å². The van der Waals surface area contributed by atoms with Crippen molar-refractivity contribution in [1.29, 1.82) is 0 Å². The Balaban J connectivity index is 2.02. The van der Waals surface area contributed by atoms with Crippen LogP contribution in [0.3, 0.4) is 0 Å². The second kappa shape index (κ2) is 5.64. The summed E-state index contributed by atoms with van der Waals surface area (Å²) in [5, 5.41) is 11.3. The lowest BCUT2D eigenvalue weighted by molar-refractivity contribution is 0.0695. The number of hydrogen-bond acceptors (Lipinski definition) is 4. The number of aromatic carboxylic acids is 1. The third kappa shape index (κ3) is 2.31. The highest BCUT2D eigenvalue weighted by Crippen LogP contribution is 2.55. The summed E-state index contributed by atoms with van der Waals surface area (Å²) in [6.45, 7) is 0. The van der Waals surface area contributed by atoms with Crippen LogP contribution in [0, 0.1) is 11.8 Å². The van der Waals surface area contributed by atoms with E-state index in [2.05, 4.69) is 44.0 Å². The molecule has 1 N–H and O–H groups in total. The van der Waals surface area contributed by atoms with Crippen LogP contribution in [-0.4, -0.2) is 11.1 Å². The van der Waals surface area contributed by atoms with Crippen molar-refractivity contribution in [2.45, 2.75) is 46.3 Å². The average Bonchev–Trinajstić information content (AvgIpc) is 3.15. The topological polar surface area (TPSA) is 37.3 Å². The lowest BCUT2D eigenvalue weighted by Gasteiger charge is -2.25. The van der Waals surface area contributed by atoms with E-state index in [9.17, 15) is 9.90 Å². The van der Waals surface area contributed by atoms with Crippen LogP contribution in [0.5, 0.6) is 0 Å². The van der Waals surface area contributed by atoms with Crippen molar-refractivity contribution >= 4 is 54.6 Å². The molecule has 0 saturated heterocycles. The van der Waals surface area contributed by atoms with Gasteiger partial charge in [0.15, 0.2) is 0 Å². The zero-order valence-electron chi connectivity index (χ0n) is 12.5. The van der Waals surface area contributed by atoms with Crippen LogP contribution in [0.2, 0.25) is 0 Å². The van der Waals surface area contributed by atoms with Crippen LogP contribution in [0.15, 0.2) is 32.9 Å². The summed E-state index contributed by atoms with van der Waals surface area (Å²) < 4.78 is 0. The highest BCUT2D eigenvalue weighted by molar-refractivity contribution is 7.85. The minimum absolute atomic E-state index is 0.233. The first-order valence-electron chi connectivity index (χ1n) is 7.91. The first-order chi connectivity index (χ1) is 11.0. The molecule has 2 saturated carbocycles. The van der Waals surface area contributed by atoms with Gasteiger partial charge in [-0.15, -0.1) is 37.9 Å². The zero-order chi connectivity index (χ0) is 16.3. The molecule has 2 aliphatic rings. The molecule has 3 atom stereocenters. The van der Waals surface area contributed by atoms with Gasteiger partial charge >= 0.3 is 5.97 Å². The van der Waals surface area contributed by atoms with Gasteiger partial charge in [-0.2, -0.15) is 0 Å². The maximum atomic E-state index is 11.8. The van der Waals surface area contributed by atoms with Gasteiger partial charge in [0, 0.05) is 20.1 Å². The number of carbonyl (C=O) groups is 1. The summed E-state index contributed by atoms with van der Waals surface area (Å²) in [5.41, 5.74) is 1.47. The Morgan fingerprint density at radius 3 is 2.43 bits per heavy atom. The minimum Gasteiger partial charge on any atom is -0.478 e. The third-order valence-electron chi connectivity index (χ3n) is 5.64. The molecule has 2 bridgehead atoms. The summed E-state index contributed by atoms with van der Waals surface area (Å²) in [4.78, 5) is 13.4. The second-order valence-corrected chi connectivity index (χ2v) is 8.12. The van der Waals surface area contributed by atoms with Crippen molar-refractivity contribution in [3.05, 3.63) is 29.3 Å². The quantitative estimate of drug-likeness (QED) is 0.547. The molecule has 5 heteroatoms. The summed E-state index contributed by atoms with van der Waals surface area (Å²) in [6, 6.07) is 5.97. The van der Waals surface area contributed by atoms with Crippen molar-refractivity contribution in [2.24, 2.45) is 11.8 Å². The number of carboxylic acid groups (broad SMARTS) is 1. The Hall–Kier alpha value is -0.780. The largest absolute Gasteiger partial charge is 0.478 e. The van der Waals surface area contributed by atoms with Gasteiger partial charge in [0.1, 0.15) is 0 Å². The van der Waals surface area contributed by atoms with Gasteiger partial charge in [0.25, 0.3) is 0 Å². The smallest absolute Gasteiger partial charge is 0.337 e. The van der Waals surface area contributed by atoms with Gasteiger partial charge in [-0.1, -0.05) is 24.6 Å². The molecule has 0 spiro atoms. The highest BCUT2D eigenvalue weighted by atomic mass is 32.1. The van der Waals surface area contributed by atoms with Gasteiger partial charge in [-0.25, -0.2) is 4.79 Å². The van der Waals surface area contributed by atoms with Gasteiger partial charge in [-0.3, -0.25) is 0 Å². The fraction of sp³-hybridized carbons (Fsp3) is 0.389. The Kier molecular flexibility index (Phi) is 3.86. The van der Waals surface area contributed by atoms with Gasteiger partial charge in [-0.05, 0) is 48.0 Å². The van der Waals surface area contributed by atoms with E-state index < -0.39 is 5.97 Å². The molecule has 2 aromatic carbocycles. The van der Waals surface area contributed by atoms with Gasteiger partial charge in [0.05, 0.1) is 5.56 Å². The van der Waals surface area contributed by atoms with Crippen molar-refractivity contribution in [3.8, 4) is 0 Å². The molecule has 2 aromatic rings. The van der Waals surface area contributed by atoms with Crippen LogP contribution < -0.4 is 0 Å². The summed E-state index contributed by atoms with van der Waals surface area (Å²) in [7, 11) is 0. The van der Waals surface area contributed by atoms with E-state index in [0.717, 1.165) is 27.5 Å². The zero-order valence-corrected chi connectivity index (χ0v) is 15.2. The molecule has 2 nitrogen and oxygen atoms in total. The predicted octanol–water partition coefficient (Wildman–Crippen LogP) is 5.31. The molecule has 4 rings (SSSR count). The van der Waals surface area contributed by atoms with Crippen molar-refractivity contribution in [1.82, 2.24) is 0 Å². The molecule has 2 fully saturated rings. The van der Waals surface area contributed by atoms with Crippen molar-refractivity contribution in [2.75, 3.05) is 0 Å². The van der Waals surface area contributed by atoms with E-state index >= 15 is 0 Å². The van der Waals surface area contributed by atoms with Crippen LogP contribution >= 0.6 is 37.9 Å². The number of hydrogen-bond donors (Lipinski definition) is 4. The molecular weight excluding hydrogens is 344 g/mol. The van der Waals surface area contributed by atoms with E-state index in [0.29, 0.717) is 15.7 Å². The number of rotatable bonds is 2. The van der Waals surface area contributed by atoms with Crippen LogP contribution in [0.4, 0.5) is 0 Å². The van der Waals surface area contributed by atoms with Crippen LogP contribution in [0.25, 0.3) is 10.8 Å². The lowest BCUT2D eigenvalue weighted by atomic mass is 9.81. The summed E-state index contributed by atoms with van der Waals surface area (Å²) in [5.74, 6) is 1.12. The molecule has 120 valence electrons. The molecule has 0 aromatic heterocycles.